The van der Waals surface area contributed by atoms with Crippen LogP contribution in [0, 0.1) is 3.57 Å². The van der Waals surface area contributed by atoms with Gasteiger partial charge in [0.15, 0.2) is 5.96 Å². The minimum Gasteiger partial charge on any atom is -0.508 e. The average molecular weight is 616 g/mol. The quantitative estimate of drug-likeness (QED) is 0.221. The minimum absolute atomic E-state index is 0.0980. The summed E-state index contributed by atoms with van der Waals surface area (Å²) in [6.45, 7) is 0.938. The monoisotopic (exact) mass is 615 g/mol. The summed E-state index contributed by atoms with van der Waals surface area (Å²) in [4.78, 5) is 40.7. The highest BCUT2D eigenvalue weighted by molar-refractivity contribution is 14.1. The smallest absolute Gasteiger partial charge is 0.305 e. The number of carbonyl (C=O) groups excluding carboxylic acids is 2. The fourth-order valence-electron chi connectivity index (χ4n) is 3.34. The molecule has 0 radical (unpaired) electrons. The van der Waals surface area contributed by atoms with E-state index in [1.807, 2.05) is 22.6 Å². The third-order valence-electron chi connectivity index (χ3n) is 4.90. The number of nitrogens with one attached hydrogen (secondary N) is 4. The third kappa shape index (κ3) is 7.62. The number of aliphatic imine (C=N–C) groups is 1. The fraction of sp³-hybridized carbons (Fsp3) is 0.273. The van der Waals surface area contributed by atoms with Crippen molar-refractivity contribution in [2.75, 3.05) is 25.0 Å². The van der Waals surface area contributed by atoms with Crippen molar-refractivity contribution in [3.63, 3.8) is 0 Å². The molecule has 3 rings (SSSR count). The Morgan fingerprint density at radius 3 is 2.63 bits per heavy atom. The molecule has 0 aromatic heterocycles. The van der Waals surface area contributed by atoms with Crippen LogP contribution in [0.1, 0.15) is 34.8 Å². The predicted octanol–water partition coefficient (Wildman–Crippen LogP) is 2.18. The Bertz CT molecular complexity index is 1180. The number of nitrogens with zero attached hydrogens (tertiary/aromatic N) is 1. The number of carboxylic acid groups (broad SMARTS) is 1. The van der Waals surface area contributed by atoms with Crippen LogP contribution < -0.4 is 21.3 Å². The number of carbonyl (C=O) groups is 3. The summed E-state index contributed by atoms with van der Waals surface area (Å²) in [5.74, 6) is -2.34. The van der Waals surface area contributed by atoms with Crippen molar-refractivity contribution in [3.05, 3.63) is 50.1 Å². The average Bonchev–Trinajstić information content (AvgIpc) is 2.79. The van der Waals surface area contributed by atoms with E-state index in [4.69, 9.17) is 11.6 Å². The zero-order chi connectivity index (χ0) is 25.5. The van der Waals surface area contributed by atoms with E-state index in [0.717, 1.165) is 13.0 Å². The van der Waals surface area contributed by atoms with Gasteiger partial charge in [-0.25, -0.2) is 0 Å². The number of amides is 2. The van der Waals surface area contributed by atoms with Crippen LogP contribution in [0.2, 0.25) is 5.02 Å². The summed E-state index contributed by atoms with van der Waals surface area (Å²) in [5.41, 5.74) is 0.674. The molecule has 2 aromatic rings. The molecule has 1 aliphatic heterocycles. The Morgan fingerprint density at radius 1 is 1.17 bits per heavy atom. The normalized spacial score (nSPS) is 13.7. The third-order valence-corrected chi connectivity index (χ3v) is 5.94. The van der Waals surface area contributed by atoms with Crippen LogP contribution in [-0.2, 0) is 9.59 Å². The molecule has 186 valence electrons. The van der Waals surface area contributed by atoms with Gasteiger partial charge in [0.2, 0.25) is 5.91 Å². The molecule has 0 bridgehead atoms. The second-order valence-electron chi connectivity index (χ2n) is 7.63. The predicted molar refractivity (Wildman–Crippen MR) is 138 cm³/mol. The van der Waals surface area contributed by atoms with Gasteiger partial charge in [0.25, 0.3) is 5.91 Å². The molecule has 7 N–H and O–H groups in total. The highest BCUT2D eigenvalue weighted by Crippen LogP contribution is 2.34. The van der Waals surface area contributed by atoms with Crippen LogP contribution in [-0.4, -0.2) is 58.7 Å². The number of anilines is 1. The lowest BCUT2D eigenvalue weighted by atomic mass is 10.0. The van der Waals surface area contributed by atoms with E-state index in [1.54, 1.807) is 0 Å². The van der Waals surface area contributed by atoms with E-state index < -0.39 is 36.8 Å². The van der Waals surface area contributed by atoms with Crippen molar-refractivity contribution < 1.29 is 29.7 Å². The molecule has 2 amide bonds. The molecule has 2 aromatic carbocycles. The van der Waals surface area contributed by atoms with Gasteiger partial charge >= 0.3 is 5.97 Å². The van der Waals surface area contributed by atoms with Gasteiger partial charge in [0, 0.05) is 41.0 Å². The second kappa shape index (κ2) is 11.9. The van der Waals surface area contributed by atoms with Crippen LogP contribution in [0.4, 0.5) is 5.69 Å². The zero-order valence-corrected chi connectivity index (χ0v) is 21.2. The second-order valence-corrected chi connectivity index (χ2v) is 9.23. The van der Waals surface area contributed by atoms with Gasteiger partial charge in [-0.3, -0.25) is 19.4 Å². The maximum atomic E-state index is 12.6. The van der Waals surface area contributed by atoms with Crippen LogP contribution in [0.3, 0.4) is 0 Å². The largest absolute Gasteiger partial charge is 0.508 e. The Kier molecular flexibility index (Phi) is 8.98. The lowest BCUT2D eigenvalue weighted by molar-refractivity contribution is -0.137. The summed E-state index contributed by atoms with van der Waals surface area (Å²) in [7, 11) is 0. The standard InChI is InChI=1S/C22H23ClIN5O6/c23-12-6-15(20(34)16(24)7-12)17(9-19(32)33)29-18(31)10-27-21(35)11-4-13(8-14(30)5-11)28-22-25-2-1-3-26-22/h4-8,17,30,34H,1-3,9-10H2,(H,27,35)(H,29,31)(H,32,33)(H2,25,26,28)/t17-/m1/s1. The number of aliphatic carboxylic acids is 1. The molecule has 1 atom stereocenters. The van der Waals surface area contributed by atoms with Gasteiger partial charge in [-0.1, -0.05) is 11.6 Å². The first kappa shape index (κ1) is 26.3. The number of rotatable bonds is 8. The van der Waals surface area contributed by atoms with Gasteiger partial charge in [-0.2, -0.15) is 0 Å². The van der Waals surface area contributed by atoms with E-state index in [1.165, 1.54) is 30.3 Å². The Balaban J connectivity index is 1.66. The van der Waals surface area contributed by atoms with Crippen molar-refractivity contribution in [3.8, 4) is 11.5 Å². The van der Waals surface area contributed by atoms with Crippen molar-refractivity contribution >= 4 is 63.6 Å². The molecule has 0 spiro atoms. The van der Waals surface area contributed by atoms with E-state index in [-0.39, 0.29) is 27.6 Å². The van der Waals surface area contributed by atoms with Crippen LogP contribution >= 0.6 is 34.2 Å². The molecular weight excluding hydrogens is 593 g/mol. The number of halogens is 2. The Hall–Kier alpha value is -3.26. The molecule has 0 aliphatic carbocycles. The van der Waals surface area contributed by atoms with Crippen LogP contribution in [0.15, 0.2) is 35.3 Å². The highest BCUT2D eigenvalue weighted by atomic mass is 127. The molecule has 11 nitrogen and oxygen atoms in total. The number of aromatic hydroxyl groups is 2. The van der Waals surface area contributed by atoms with Crippen molar-refractivity contribution in [1.29, 1.82) is 0 Å². The number of phenolic OH excluding ortho intramolecular Hbond substituents is 2. The van der Waals surface area contributed by atoms with E-state index in [9.17, 15) is 29.7 Å². The molecular formula is C22H23ClIN5O6. The molecule has 0 unspecified atom stereocenters. The Morgan fingerprint density at radius 2 is 1.94 bits per heavy atom. The summed E-state index contributed by atoms with van der Waals surface area (Å²) in [5, 5.41) is 40.8. The first-order valence-corrected chi connectivity index (χ1v) is 11.9. The molecule has 0 fully saturated rings. The summed E-state index contributed by atoms with van der Waals surface area (Å²) >= 11 is 7.87. The minimum atomic E-state index is -1.20. The van der Waals surface area contributed by atoms with E-state index >= 15 is 0 Å². The lowest BCUT2D eigenvalue weighted by Crippen LogP contribution is -2.39. The molecule has 13 heteroatoms. The molecule has 1 heterocycles. The number of phenols is 2. The highest BCUT2D eigenvalue weighted by Gasteiger charge is 2.23. The van der Waals surface area contributed by atoms with Crippen LogP contribution in [0.5, 0.6) is 11.5 Å². The van der Waals surface area contributed by atoms with E-state index in [2.05, 4.69) is 26.3 Å². The van der Waals surface area contributed by atoms with Gasteiger partial charge in [-0.15, -0.1) is 0 Å². The molecule has 0 saturated heterocycles. The molecule has 0 saturated carbocycles. The first-order chi connectivity index (χ1) is 16.6. The van der Waals surface area contributed by atoms with E-state index in [0.29, 0.717) is 21.8 Å². The topological polar surface area (TPSA) is 172 Å². The van der Waals surface area contributed by atoms with Gasteiger partial charge in [-0.05, 0) is 53.3 Å². The summed E-state index contributed by atoms with van der Waals surface area (Å²) < 4.78 is 0.394. The molecule has 35 heavy (non-hydrogen) atoms. The fourth-order valence-corrected chi connectivity index (χ4v) is 4.40. The SMILES string of the molecule is O=C(O)C[C@@H](NC(=O)CNC(=O)c1cc(O)cc(NC2=NCCCN2)c1)c1cc(Cl)cc(I)c1O. The summed E-state index contributed by atoms with van der Waals surface area (Å²) in [6, 6.07) is 5.95. The number of carboxylic acids is 1. The number of benzene rings is 2. The first-order valence-electron chi connectivity index (χ1n) is 10.5. The van der Waals surface area contributed by atoms with Gasteiger partial charge in [0.05, 0.1) is 22.6 Å². The number of hydrogen-bond donors (Lipinski definition) is 7. The number of hydrogen-bond acceptors (Lipinski definition) is 8. The zero-order valence-electron chi connectivity index (χ0n) is 18.3. The van der Waals surface area contributed by atoms with Crippen molar-refractivity contribution in [2.24, 2.45) is 4.99 Å². The molecule has 1 aliphatic rings. The van der Waals surface area contributed by atoms with Gasteiger partial charge in [0.1, 0.15) is 11.5 Å². The maximum Gasteiger partial charge on any atom is 0.305 e. The lowest BCUT2D eigenvalue weighted by Gasteiger charge is -2.20. The number of guanidine groups is 1. The van der Waals surface area contributed by atoms with Crippen molar-refractivity contribution in [2.45, 2.75) is 18.9 Å². The van der Waals surface area contributed by atoms with Crippen molar-refractivity contribution in [1.82, 2.24) is 16.0 Å². The summed E-state index contributed by atoms with van der Waals surface area (Å²) in [6.07, 6.45) is 0.396. The van der Waals surface area contributed by atoms with Crippen LogP contribution in [0.25, 0.3) is 0 Å². The van der Waals surface area contributed by atoms with Gasteiger partial charge < -0.3 is 36.6 Å². The maximum absolute atomic E-state index is 12.6. The Labute approximate surface area is 219 Å².